The smallest absolute Gasteiger partial charge is 0.321 e. The molecule has 1 atom stereocenters. The number of para-hydroxylation sites is 1. The van der Waals surface area contributed by atoms with E-state index in [1.165, 1.54) is 0 Å². The van der Waals surface area contributed by atoms with Crippen molar-refractivity contribution in [3.05, 3.63) is 83.8 Å². The van der Waals surface area contributed by atoms with E-state index in [9.17, 15) is 4.79 Å². The van der Waals surface area contributed by atoms with Gasteiger partial charge in [-0.3, -0.25) is 10.3 Å². The molecule has 132 valence electrons. The standard InChI is InChI=1S/C20H20N4O2/c1-14-8-7-12-18(22-14)23-20(25)24-19(16-10-5-6-13-21-16)15-9-3-4-11-17(15)26-2/h3-13,19H,1-2H3,(H2,22,23,24,25)/t19-/m1/s1. The zero-order valence-electron chi connectivity index (χ0n) is 14.6. The number of amides is 2. The molecule has 2 N–H and O–H groups in total. The molecule has 0 fully saturated rings. The Balaban J connectivity index is 1.88. The SMILES string of the molecule is COc1ccccc1[C@@H](NC(=O)Nc1cccc(C)n1)c1ccccn1. The van der Waals surface area contributed by atoms with E-state index >= 15 is 0 Å². The third-order valence-corrected chi connectivity index (χ3v) is 3.84. The Morgan fingerprint density at radius 2 is 1.85 bits per heavy atom. The van der Waals surface area contributed by atoms with Gasteiger partial charge in [0.05, 0.1) is 12.8 Å². The van der Waals surface area contributed by atoms with E-state index in [-0.39, 0.29) is 6.03 Å². The van der Waals surface area contributed by atoms with Crippen LogP contribution in [0.2, 0.25) is 0 Å². The van der Waals surface area contributed by atoms with Crippen LogP contribution < -0.4 is 15.4 Å². The van der Waals surface area contributed by atoms with Crippen molar-refractivity contribution in [3.63, 3.8) is 0 Å². The average molecular weight is 348 g/mol. The number of nitrogens with one attached hydrogen (secondary N) is 2. The van der Waals surface area contributed by atoms with Crippen molar-refractivity contribution >= 4 is 11.8 Å². The lowest BCUT2D eigenvalue weighted by Gasteiger charge is -2.21. The van der Waals surface area contributed by atoms with Crippen LogP contribution in [-0.2, 0) is 0 Å². The second-order valence-corrected chi connectivity index (χ2v) is 5.69. The predicted octanol–water partition coefficient (Wildman–Crippen LogP) is 3.70. The maximum absolute atomic E-state index is 12.5. The Kier molecular flexibility index (Phi) is 5.43. The summed E-state index contributed by atoms with van der Waals surface area (Å²) in [6, 6.07) is 17.7. The van der Waals surface area contributed by atoms with Crippen molar-refractivity contribution in [2.45, 2.75) is 13.0 Å². The van der Waals surface area contributed by atoms with Crippen LogP contribution in [0.4, 0.5) is 10.6 Å². The molecule has 0 radical (unpaired) electrons. The van der Waals surface area contributed by atoms with Gasteiger partial charge in [-0.05, 0) is 37.3 Å². The summed E-state index contributed by atoms with van der Waals surface area (Å²) in [4.78, 5) is 21.2. The fraction of sp³-hybridized carbons (Fsp3) is 0.150. The Hall–Kier alpha value is -3.41. The quantitative estimate of drug-likeness (QED) is 0.737. The van der Waals surface area contributed by atoms with Crippen molar-refractivity contribution in [1.82, 2.24) is 15.3 Å². The highest BCUT2D eigenvalue weighted by atomic mass is 16.5. The van der Waals surface area contributed by atoms with Crippen LogP contribution in [0, 0.1) is 6.92 Å². The molecule has 6 nitrogen and oxygen atoms in total. The minimum absolute atomic E-state index is 0.371. The molecule has 0 aliphatic carbocycles. The number of carbonyl (C=O) groups is 1. The van der Waals surface area contributed by atoms with E-state index in [1.807, 2.05) is 61.5 Å². The molecule has 0 spiro atoms. The fourth-order valence-corrected chi connectivity index (χ4v) is 2.66. The number of methoxy groups -OCH3 is 1. The number of anilines is 1. The molecule has 2 heterocycles. The van der Waals surface area contributed by atoms with Gasteiger partial charge in [-0.15, -0.1) is 0 Å². The molecule has 2 amide bonds. The first kappa shape index (κ1) is 17.4. The van der Waals surface area contributed by atoms with Crippen molar-refractivity contribution < 1.29 is 9.53 Å². The topological polar surface area (TPSA) is 76.1 Å². The van der Waals surface area contributed by atoms with E-state index < -0.39 is 6.04 Å². The Morgan fingerprint density at radius 3 is 2.58 bits per heavy atom. The van der Waals surface area contributed by atoms with Crippen LogP contribution in [0.1, 0.15) is 23.0 Å². The van der Waals surface area contributed by atoms with Crippen LogP contribution in [0.15, 0.2) is 66.9 Å². The minimum Gasteiger partial charge on any atom is -0.496 e. The highest BCUT2D eigenvalue weighted by molar-refractivity contribution is 5.88. The normalized spacial score (nSPS) is 11.5. The molecule has 0 aliphatic heterocycles. The summed E-state index contributed by atoms with van der Waals surface area (Å²) in [5, 5.41) is 5.72. The van der Waals surface area contributed by atoms with Gasteiger partial charge in [0.2, 0.25) is 0 Å². The van der Waals surface area contributed by atoms with E-state index in [0.717, 1.165) is 11.3 Å². The summed E-state index contributed by atoms with van der Waals surface area (Å²) < 4.78 is 5.45. The number of urea groups is 1. The number of carbonyl (C=O) groups excluding carboxylic acids is 1. The van der Waals surface area contributed by atoms with Crippen LogP contribution >= 0.6 is 0 Å². The summed E-state index contributed by atoms with van der Waals surface area (Å²) in [5.74, 6) is 1.17. The first-order valence-corrected chi connectivity index (χ1v) is 8.22. The van der Waals surface area contributed by atoms with Crippen LogP contribution in [0.3, 0.4) is 0 Å². The molecule has 0 saturated heterocycles. The monoisotopic (exact) mass is 348 g/mol. The lowest BCUT2D eigenvalue weighted by Crippen LogP contribution is -2.34. The largest absolute Gasteiger partial charge is 0.496 e. The van der Waals surface area contributed by atoms with Crippen LogP contribution in [-0.4, -0.2) is 23.1 Å². The third-order valence-electron chi connectivity index (χ3n) is 3.84. The van der Waals surface area contributed by atoms with Crippen molar-refractivity contribution in [1.29, 1.82) is 0 Å². The molecule has 6 heteroatoms. The number of nitrogens with zero attached hydrogens (tertiary/aromatic N) is 2. The van der Waals surface area contributed by atoms with E-state index in [4.69, 9.17) is 4.74 Å². The fourth-order valence-electron chi connectivity index (χ4n) is 2.66. The highest BCUT2D eigenvalue weighted by Crippen LogP contribution is 2.28. The maximum Gasteiger partial charge on any atom is 0.321 e. The molecular formula is C20H20N4O2. The number of pyridine rings is 2. The van der Waals surface area contributed by atoms with E-state index in [0.29, 0.717) is 17.3 Å². The molecule has 3 aromatic rings. The molecule has 1 aromatic carbocycles. The van der Waals surface area contributed by atoms with Gasteiger partial charge >= 0.3 is 6.03 Å². The number of benzene rings is 1. The highest BCUT2D eigenvalue weighted by Gasteiger charge is 2.21. The van der Waals surface area contributed by atoms with E-state index in [2.05, 4.69) is 20.6 Å². The molecule has 2 aromatic heterocycles. The third kappa shape index (κ3) is 4.16. The summed E-state index contributed by atoms with van der Waals surface area (Å²) in [7, 11) is 1.60. The van der Waals surface area contributed by atoms with Gasteiger partial charge in [-0.2, -0.15) is 0 Å². The van der Waals surface area contributed by atoms with Gasteiger partial charge < -0.3 is 10.1 Å². The molecule has 0 aliphatic rings. The lowest BCUT2D eigenvalue weighted by molar-refractivity contribution is 0.249. The summed E-state index contributed by atoms with van der Waals surface area (Å²) in [6.45, 7) is 1.87. The molecule has 0 bridgehead atoms. The zero-order valence-corrected chi connectivity index (χ0v) is 14.6. The number of hydrogen-bond donors (Lipinski definition) is 2. The van der Waals surface area contributed by atoms with Crippen LogP contribution in [0.5, 0.6) is 5.75 Å². The lowest BCUT2D eigenvalue weighted by atomic mass is 10.0. The van der Waals surface area contributed by atoms with Gasteiger partial charge in [0.1, 0.15) is 17.6 Å². The van der Waals surface area contributed by atoms with Crippen LogP contribution in [0.25, 0.3) is 0 Å². The van der Waals surface area contributed by atoms with Gasteiger partial charge in [0.15, 0.2) is 0 Å². The predicted molar refractivity (Wildman–Crippen MR) is 100 cm³/mol. The first-order valence-electron chi connectivity index (χ1n) is 8.22. The number of hydrogen-bond acceptors (Lipinski definition) is 4. The van der Waals surface area contributed by atoms with Crippen molar-refractivity contribution in [3.8, 4) is 5.75 Å². The molecule has 0 unspecified atom stereocenters. The number of ether oxygens (including phenoxy) is 1. The Bertz CT molecular complexity index is 884. The summed E-state index contributed by atoms with van der Waals surface area (Å²) in [6.07, 6.45) is 1.69. The second-order valence-electron chi connectivity index (χ2n) is 5.69. The molecule has 26 heavy (non-hydrogen) atoms. The minimum atomic E-state index is -0.461. The van der Waals surface area contributed by atoms with Gasteiger partial charge in [0.25, 0.3) is 0 Å². The van der Waals surface area contributed by atoms with Gasteiger partial charge in [-0.1, -0.05) is 30.3 Å². The number of aryl methyl sites for hydroxylation is 1. The molecule has 3 rings (SSSR count). The molecule has 0 saturated carbocycles. The average Bonchev–Trinajstić information content (AvgIpc) is 2.67. The van der Waals surface area contributed by atoms with Gasteiger partial charge in [-0.25, -0.2) is 9.78 Å². The first-order chi connectivity index (χ1) is 12.7. The number of rotatable bonds is 5. The Labute approximate surface area is 152 Å². The van der Waals surface area contributed by atoms with E-state index in [1.54, 1.807) is 19.4 Å². The van der Waals surface area contributed by atoms with Gasteiger partial charge in [0, 0.05) is 17.5 Å². The van der Waals surface area contributed by atoms with Crippen molar-refractivity contribution in [2.75, 3.05) is 12.4 Å². The number of aromatic nitrogens is 2. The zero-order chi connectivity index (χ0) is 18.4. The summed E-state index contributed by atoms with van der Waals surface area (Å²) in [5.41, 5.74) is 2.36. The second kappa shape index (κ2) is 8.11. The maximum atomic E-state index is 12.5. The summed E-state index contributed by atoms with van der Waals surface area (Å²) >= 11 is 0. The Morgan fingerprint density at radius 1 is 1.04 bits per heavy atom. The van der Waals surface area contributed by atoms with Crippen molar-refractivity contribution in [2.24, 2.45) is 0 Å². The molecular weight excluding hydrogens is 328 g/mol.